The number of ether oxygens (including phenoxy) is 1. The lowest BCUT2D eigenvalue weighted by Gasteiger charge is -2.23. The van der Waals surface area contributed by atoms with Crippen molar-refractivity contribution in [3.8, 4) is 5.75 Å². The Morgan fingerprint density at radius 1 is 0.921 bits per heavy atom. The Labute approximate surface area is 219 Å². The lowest BCUT2D eigenvalue weighted by molar-refractivity contribution is 0.0947. The topological polar surface area (TPSA) is 92.8 Å². The molecule has 7 nitrogen and oxygen atoms in total. The molecule has 4 aromatic carbocycles. The standard InChI is InChI=1S/C29H23FN2O5S/c1-37-25-8-4-2-6-21(25)17-31-28(33)20-12-15-27-24(16-20)32(18-19-10-13-22(30)14-11-19)29(34)23-7-3-5-9-26(23)38(27,35)36/h2-16H,17-18H2,1H3,(H,31,33). The van der Waals surface area contributed by atoms with Crippen LogP contribution in [0.4, 0.5) is 10.1 Å². The van der Waals surface area contributed by atoms with E-state index in [1.807, 2.05) is 18.2 Å². The van der Waals surface area contributed by atoms with Crippen LogP contribution in [-0.4, -0.2) is 27.3 Å². The number of hydrogen-bond donors (Lipinski definition) is 1. The van der Waals surface area contributed by atoms with Crippen molar-refractivity contribution < 1.29 is 27.1 Å². The predicted molar refractivity (Wildman–Crippen MR) is 139 cm³/mol. The van der Waals surface area contributed by atoms with Gasteiger partial charge < -0.3 is 15.0 Å². The van der Waals surface area contributed by atoms with Gasteiger partial charge in [0.25, 0.3) is 11.8 Å². The molecule has 0 unspecified atom stereocenters. The van der Waals surface area contributed by atoms with Crippen molar-refractivity contribution >= 4 is 27.3 Å². The molecule has 0 aliphatic carbocycles. The third kappa shape index (κ3) is 4.64. The lowest BCUT2D eigenvalue weighted by atomic mass is 10.1. The Kier molecular flexibility index (Phi) is 6.69. The number of sulfone groups is 1. The van der Waals surface area contributed by atoms with Crippen molar-refractivity contribution in [2.45, 2.75) is 22.9 Å². The summed E-state index contributed by atoms with van der Waals surface area (Å²) in [6, 6.07) is 23.0. The highest BCUT2D eigenvalue weighted by molar-refractivity contribution is 7.91. The molecule has 4 aromatic rings. The fourth-order valence-electron chi connectivity index (χ4n) is 4.40. The van der Waals surface area contributed by atoms with E-state index in [9.17, 15) is 22.4 Å². The summed E-state index contributed by atoms with van der Waals surface area (Å²) in [5.74, 6) is -0.807. The van der Waals surface area contributed by atoms with Crippen molar-refractivity contribution in [1.82, 2.24) is 5.32 Å². The van der Waals surface area contributed by atoms with Crippen LogP contribution in [0.15, 0.2) is 101 Å². The molecule has 0 aromatic heterocycles. The molecule has 9 heteroatoms. The highest BCUT2D eigenvalue weighted by Gasteiger charge is 2.36. The number of carbonyl (C=O) groups is 2. The Morgan fingerprint density at radius 3 is 2.39 bits per heavy atom. The third-order valence-corrected chi connectivity index (χ3v) is 8.20. The number of halogens is 1. The normalized spacial score (nSPS) is 13.7. The molecule has 0 spiro atoms. The van der Waals surface area contributed by atoms with Gasteiger partial charge in [0.2, 0.25) is 9.84 Å². The van der Waals surface area contributed by atoms with Crippen molar-refractivity contribution in [3.05, 3.63) is 119 Å². The second-order valence-electron chi connectivity index (χ2n) is 8.69. The van der Waals surface area contributed by atoms with Gasteiger partial charge in [-0.15, -0.1) is 0 Å². The summed E-state index contributed by atoms with van der Waals surface area (Å²) in [5, 5.41) is 2.82. The van der Waals surface area contributed by atoms with Gasteiger partial charge in [-0.25, -0.2) is 12.8 Å². The van der Waals surface area contributed by atoms with Gasteiger partial charge in [-0.05, 0) is 54.1 Å². The second-order valence-corrected chi connectivity index (χ2v) is 10.6. The number of benzene rings is 4. The fraction of sp³-hybridized carbons (Fsp3) is 0.103. The number of fused-ring (bicyclic) bond motifs is 2. The van der Waals surface area contributed by atoms with E-state index in [1.54, 1.807) is 18.2 Å². The minimum absolute atomic E-state index is 0.0213. The Hall–Kier alpha value is -4.50. The number of carbonyl (C=O) groups excluding carboxylic acids is 2. The monoisotopic (exact) mass is 530 g/mol. The quantitative estimate of drug-likeness (QED) is 0.388. The van der Waals surface area contributed by atoms with Crippen LogP contribution in [-0.2, 0) is 22.9 Å². The molecule has 5 rings (SSSR count). The predicted octanol–water partition coefficient (Wildman–Crippen LogP) is 4.76. The van der Waals surface area contributed by atoms with Gasteiger partial charge in [-0.3, -0.25) is 9.59 Å². The average molecular weight is 531 g/mol. The number of amides is 2. The van der Waals surface area contributed by atoms with Gasteiger partial charge >= 0.3 is 0 Å². The first-order valence-corrected chi connectivity index (χ1v) is 13.2. The molecule has 192 valence electrons. The number of rotatable bonds is 6. The zero-order chi connectivity index (χ0) is 26.9. The number of nitrogens with zero attached hydrogens (tertiary/aromatic N) is 1. The first-order valence-electron chi connectivity index (χ1n) is 11.7. The van der Waals surface area contributed by atoms with Crippen LogP contribution in [0.2, 0.25) is 0 Å². The summed E-state index contributed by atoms with van der Waals surface area (Å²) in [6.07, 6.45) is 0. The van der Waals surface area contributed by atoms with E-state index in [1.165, 1.54) is 66.6 Å². The molecule has 1 aliphatic heterocycles. The van der Waals surface area contributed by atoms with Gasteiger partial charge in [-0.2, -0.15) is 0 Å². The molecule has 0 saturated heterocycles. The molecule has 38 heavy (non-hydrogen) atoms. The van der Waals surface area contributed by atoms with Crippen LogP contribution >= 0.6 is 0 Å². The molecule has 0 radical (unpaired) electrons. The van der Waals surface area contributed by atoms with Crippen LogP contribution in [0.3, 0.4) is 0 Å². The fourth-order valence-corrected chi connectivity index (χ4v) is 6.03. The minimum Gasteiger partial charge on any atom is -0.496 e. The maximum Gasteiger partial charge on any atom is 0.259 e. The third-order valence-electron chi connectivity index (χ3n) is 6.34. The van der Waals surface area contributed by atoms with Gasteiger partial charge in [0.05, 0.1) is 34.7 Å². The Balaban J connectivity index is 1.56. The highest BCUT2D eigenvalue weighted by atomic mass is 32.2. The maximum atomic E-state index is 13.7. The van der Waals surface area contributed by atoms with E-state index >= 15 is 0 Å². The van der Waals surface area contributed by atoms with Crippen molar-refractivity contribution in [3.63, 3.8) is 0 Å². The van der Waals surface area contributed by atoms with E-state index < -0.39 is 27.5 Å². The van der Waals surface area contributed by atoms with Crippen LogP contribution in [0.5, 0.6) is 5.75 Å². The molecule has 1 aliphatic rings. The summed E-state index contributed by atoms with van der Waals surface area (Å²) in [6.45, 7) is 0.157. The van der Waals surface area contributed by atoms with E-state index in [4.69, 9.17) is 4.74 Å². The first-order chi connectivity index (χ1) is 18.3. The highest BCUT2D eigenvalue weighted by Crippen LogP contribution is 2.38. The maximum absolute atomic E-state index is 13.7. The van der Waals surface area contributed by atoms with Crippen LogP contribution in [0.25, 0.3) is 0 Å². The summed E-state index contributed by atoms with van der Waals surface area (Å²) in [5.41, 5.74) is 1.63. The zero-order valence-corrected chi connectivity index (χ0v) is 21.2. The van der Waals surface area contributed by atoms with Crippen LogP contribution in [0.1, 0.15) is 31.8 Å². The van der Waals surface area contributed by atoms with Gasteiger partial charge in [-0.1, -0.05) is 42.5 Å². The summed E-state index contributed by atoms with van der Waals surface area (Å²) in [4.78, 5) is 27.9. The van der Waals surface area contributed by atoms with Crippen molar-refractivity contribution in [2.24, 2.45) is 0 Å². The molecule has 1 heterocycles. The molecule has 0 fully saturated rings. The van der Waals surface area contributed by atoms with Crippen molar-refractivity contribution in [1.29, 1.82) is 0 Å². The smallest absolute Gasteiger partial charge is 0.259 e. The Morgan fingerprint density at radius 2 is 1.63 bits per heavy atom. The van der Waals surface area contributed by atoms with E-state index in [2.05, 4.69) is 5.32 Å². The van der Waals surface area contributed by atoms with E-state index in [-0.39, 0.29) is 39.7 Å². The van der Waals surface area contributed by atoms with Gasteiger partial charge in [0.15, 0.2) is 0 Å². The summed E-state index contributed by atoms with van der Waals surface area (Å²) >= 11 is 0. The molecule has 0 atom stereocenters. The largest absolute Gasteiger partial charge is 0.496 e. The average Bonchev–Trinajstić information content (AvgIpc) is 3.00. The molecule has 2 amide bonds. The number of methoxy groups -OCH3 is 1. The van der Waals surface area contributed by atoms with E-state index in [0.717, 1.165) is 5.56 Å². The molecule has 1 N–H and O–H groups in total. The lowest BCUT2D eigenvalue weighted by Crippen LogP contribution is -2.31. The zero-order valence-electron chi connectivity index (χ0n) is 20.3. The van der Waals surface area contributed by atoms with Gasteiger partial charge in [0, 0.05) is 17.7 Å². The number of nitrogens with one attached hydrogen (secondary N) is 1. The number of para-hydroxylation sites is 1. The molecule has 0 saturated carbocycles. The van der Waals surface area contributed by atoms with Gasteiger partial charge in [0.1, 0.15) is 11.6 Å². The first kappa shape index (κ1) is 25.2. The Bertz CT molecular complexity index is 1650. The minimum atomic E-state index is -4.08. The number of hydrogen-bond acceptors (Lipinski definition) is 5. The molecular weight excluding hydrogens is 507 g/mol. The van der Waals surface area contributed by atoms with Crippen molar-refractivity contribution in [2.75, 3.05) is 12.0 Å². The second kappa shape index (κ2) is 10.1. The van der Waals surface area contributed by atoms with Crippen LogP contribution in [0, 0.1) is 5.82 Å². The van der Waals surface area contributed by atoms with E-state index in [0.29, 0.717) is 11.3 Å². The number of anilines is 1. The summed E-state index contributed by atoms with van der Waals surface area (Å²) in [7, 11) is -2.54. The van der Waals surface area contributed by atoms with Crippen LogP contribution < -0.4 is 15.0 Å². The SMILES string of the molecule is COc1ccccc1CNC(=O)c1ccc2c(c1)N(Cc1ccc(F)cc1)C(=O)c1ccccc1S2(=O)=O. The summed E-state index contributed by atoms with van der Waals surface area (Å²) < 4.78 is 46.1. The molecular formula is C29H23FN2O5S. The molecule has 0 bridgehead atoms.